The fourth-order valence-electron chi connectivity index (χ4n) is 1.42. The largest absolute Gasteiger partial charge is 0.506 e. The molecule has 0 aromatic carbocycles. The molecule has 0 aliphatic heterocycles. The Hall–Kier alpha value is -2.06. The van der Waals surface area contributed by atoms with E-state index in [1.165, 1.54) is 11.0 Å². The van der Waals surface area contributed by atoms with Crippen LogP contribution in [-0.2, 0) is 11.3 Å². The van der Waals surface area contributed by atoms with Crippen LogP contribution in [0.5, 0.6) is 5.75 Å². The number of terminal acetylenes is 1. The Labute approximate surface area is 99.7 Å². The van der Waals surface area contributed by atoms with Crippen molar-refractivity contribution < 1.29 is 15.0 Å². The van der Waals surface area contributed by atoms with Gasteiger partial charge in [-0.05, 0) is 19.1 Å². The van der Waals surface area contributed by atoms with Gasteiger partial charge >= 0.3 is 5.97 Å². The van der Waals surface area contributed by atoms with Crippen LogP contribution in [-0.4, -0.2) is 39.2 Å². The van der Waals surface area contributed by atoms with Crippen LogP contribution < -0.4 is 0 Å². The molecule has 1 heterocycles. The first-order valence-corrected chi connectivity index (χ1v) is 5.06. The SMILES string of the molecule is C#CCN(CC(=O)O)Cc1nc(C)ccc1O. The van der Waals surface area contributed by atoms with E-state index in [0.29, 0.717) is 5.69 Å². The Balaban J connectivity index is 2.81. The predicted octanol–water partition coefficient (Wildman–Crippen LogP) is 0.615. The van der Waals surface area contributed by atoms with Gasteiger partial charge in [0, 0.05) is 12.2 Å². The molecule has 5 heteroatoms. The molecule has 0 saturated carbocycles. The van der Waals surface area contributed by atoms with E-state index in [0.717, 1.165) is 5.69 Å². The zero-order valence-corrected chi connectivity index (χ0v) is 9.55. The van der Waals surface area contributed by atoms with Gasteiger partial charge in [0.15, 0.2) is 0 Å². The Morgan fingerprint density at radius 2 is 2.29 bits per heavy atom. The summed E-state index contributed by atoms with van der Waals surface area (Å²) in [4.78, 5) is 16.3. The number of aliphatic carboxylic acids is 1. The number of hydrogen-bond donors (Lipinski definition) is 2. The van der Waals surface area contributed by atoms with Gasteiger partial charge in [-0.2, -0.15) is 0 Å². The second-order valence-electron chi connectivity index (χ2n) is 3.66. The smallest absolute Gasteiger partial charge is 0.317 e. The first kappa shape index (κ1) is 13.0. The highest BCUT2D eigenvalue weighted by atomic mass is 16.4. The average molecular weight is 234 g/mol. The van der Waals surface area contributed by atoms with Crippen molar-refractivity contribution in [2.45, 2.75) is 13.5 Å². The lowest BCUT2D eigenvalue weighted by Crippen LogP contribution is -2.30. The Morgan fingerprint density at radius 3 is 2.88 bits per heavy atom. The van der Waals surface area contributed by atoms with Gasteiger partial charge in [-0.1, -0.05) is 5.92 Å². The molecule has 1 rings (SSSR count). The fourth-order valence-corrected chi connectivity index (χ4v) is 1.42. The van der Waals surface area contributed by atoms with Crippen LogP contribution in [0.3, 0.4) is 0 Å². The highest BCUT2D eigenvalue weighted by Gasteiger charge is 2.12. The number of aromatic hydroxyl groups is 1. The molecule has 0 spiro atoms. The molecule has 0 unspecified atom stereocenters. The molecule has 2 N–H and O–H groups in total. The van der Waals surface area contributed by atoms with Crippen molar-refractivity contribution in [1.82, 2.24) is 9.88 Å². The summed E-state index contributed by atoms with van der Waals surface area (Å²) in [6.07, 6.45) is 5.16. The standard InChI is InChI=1S/C12H14N2O3/c1-3-6-14(8-12(16)17)7-10-11(15)5-4-9(2)13-10/h1,4-5,15H,6-8H2,2H3,(H,16,17). The monoisotopic (exact) mass is 234 g/mol. The summed E-state index contributed by atoms with van der Waals surface area (Å²) in [5.41, 5.74) is 1.19. The number of carboxylic acids is 1. The van der Waals surface area contributed by atoms with Crippen molar-refractivity contribution in [3.05, 3.63) is 23.5 Å². The second kappa shape index (κ2) is 5.87. The number of nitrogens with zero attached hydrogens (tertiary/aromatic N) is 2. The number of rotatable bonds is 5. The molecular weight excluding hydrogens is 220 g/mol. The summed E-state index contributed by atoms with van der Waals surface area (Å²) in [7, 11) is 0. The van der Waals surface area contributed by atoms with Gasteiger partial charge in [0.2, 0.25) is 0 Å². The topological polar surface area (TPSA) is 73.7 Å². The van der Waals surface area contributed by atoms with Crippen molar-refractivity contribution in [3.63, 3.8) is 0 Å². The van der Waals surface area contributed by atoms with Crippen molar-refractivity contribution in [3.8, 4) is 18.1 Å². The predicted molar refractivity (Wildman–Crippen MR) is 62.4 cm³/mol. The van der Waals surface area contributed by atoms with Crippen LogP contribution in [0.25, 0.3) is 0 Å². The summed E-state index contributed by atoms with van der Waals surface area (Å²) >= 11 is 0. The molecule has 0 aliphatic carbocycles. The summed E-state index contributed by atoms with van der Waals surface area (Å²) in [6, 6.07) is 3.22. The maximum Gasteiger partial charge on any atom is 0.317 e. The molecule has 5 nitrogen and oxygen atoms in total. The fraction of sp³-hybridized carbons (Fsp3) is 0.333. The molecule has 0 fully saturated rings. The summed E-state index contributed by atoms with van der Waals surface area (Å²) in [5.74, 6) is 1.46. The van der Waals surface area contributed by atoms with Crippen molar-refractivity contribution >= 4 is 5.97 Å². The van der Waals surface area contributed by atoms with Crippen LogP contribution in [0.1, 0.15) is 11.4 Å². The lowest BCUT2D eigenvalue weighted by molar-refractivity contribution is -0.138. The molecule has 1 aromatic heterocycles. The highest BCUT2D eigenvalue weighted by molar-refractivity contribution is 5.69. The van der Waals surface area contributed by atoms with Crippen molar-refractivity contribution in [2.75, 3.05) is 13.1 Å². The van der Waals surface area contributed by atoms with Gasteiger partial charge in [0.25, 0.3) is 0 Å². The van der Waals surface area contributed by atoms with E-state index in [4.69, 9.17) is 11.5 Å². The Morgan fingerprint density at radius 1 is 1.59 bits per heavy atom. The van der Waals surface area contributed by atoms with Crippen LogP contribution >= 0.6 is 0 Å². The number of aromatic nitrogens is 1. The van der Waals surface area contributed by atoms with Crippen LogP contribution in [0.2, 0.25) is 0 Å². The Kier molecular flexibility index (Phi) is 4.49. The van der Waals surface area contributed by atoms with Gasteiger partial charge in [0.1, 0.15) is 5.75 Å². The third-order valence-electron chi connectivity index (χ3n) is 2.14. The molecule has 0 radical (unpaired) electrons. The van der Waals surface area contributed by atoms with E-state index < -0.39 is 5.97 Å². The van der Waals surface area contributed by atoms with E-state index in [1.54, 1.807) is 13.0 Å². The molecule has 90 valence electrons. The molecule has 17 heavy (non-hydrogen) atoms. The summed E-state index contributed by atoms with van der Waals surface area (Å²) < 4.78 is 0. The zero-order chi connectivity index (χ0) is 12.8. The van der Waals surface area contributed by atoms with E-state index in [1.807, 2.05) is 0 Å². The zero-order valence-electron chi connectivity index (χ0n) is 9.55. The normalized spacial score (nSPS) is 10.2. The van der Waals surface area contributed by atoms with Crippen molar-refractivity contribution in [2.24, 2.45) is 0 Å². The maximum atomic E-state index is 10.6. The van der Waals surface area contributed by atoms with E-state index >= 15 is 0 Å². The first-order valence-electron chi connectivity index (χ1n) is 5.06. The van der Waals surface area contributed by atoms with Crippen LogP contribution in [0, 0.1) is 19.3 Å². The molecule has 0 saturated heterocycles. The number of hydrogen-bond acceptors (Lipinski definition) is 4. The minimum atomic E-state index is -0.965. The van der Waals surface area contributed by atoms with Crippen LogP contribution in [0.4, 0.5) is 0 Å². The number of carbonyl (C=O) groups is 1. The van der Waals surface area contributed by atoms with Gasteiger partial charge in [-0.25, -0.2) is 0 Å². The molecule has 1 aromatic rings. The number of carboxylic acid groups (broad SMARTS) is 1. The third kappa shape index (κ3) is 4.13. The second-order valence-corrected chi connectivity index (χ2v) is 3.66. The minimum Gasteiger partial charge on any atom is -0.506 e. The minimum absolute atomic E-state index is 0.0445. The van der Waals surface area contributed by atoms with Gasteiger partial charge in [-0.15, -0.1) is 6.42 Å². The average Bonchev–Trinajstić information content (AvgIpc) is 2.23. The van der Waals surface area contributed by atoms with Crippen molar-refractivity contribution in [1.29, 1.82) is 0 Å². The van der Waals surface area contributed by atoms with Gasteiger partial charge in [0.05, 0.1) is 18.8 Å². The number of pyridine rings is 1. The van der Waals surface area contributed by atoms with E-state index in [9.17, 15) is 9.90 Å². The Bertz CT molecular complexity index is 452. The number of aryl methyl sites for hydroxylation is 1. The quantitative estimate of drug-likeness (QED) is 0.730. The lowest BCUT2D eigenvalue weighted by Gasteiger charge is -2.17. The van der Waals surface area contributed by atoms with E-state index in [-0.39, 0.29) is 25.4 Å². The molecule has 0 atom stereocenters. The maximum absolute atomic E-state index is 10.6. The lowest BCUT2D eigenvalue weighted by atomic mass is 10.2. The highest BCUT2D eigenvalue weighted by Crippen LogP contribution is 2.16. The van der Waals surface area contributed by atoms with E-state index in [2.05, 4.69) is 10.9 Å². The first-order chi connectivity index (χ1) is 8.02. The van der Waals surface area contributed by atoms with Gasteiger partial charge in [-0.3, -0.25) is 14.7 Å². The molecular formula is C12H14N2O3. The molecule has 0 aliphatic rings. The molecule has 0 bridgehead atoms. The summed E-state index contributed by atoms with van der Waals surface area (Å²) in [6.45, 7) is 2.02. The summed E-state index contributed by atoms with van der Waals surface area (Å²) in [5, 5.41) is 18.3. The van der Waals surface area contributed by atoms with Crippen LogP contribution in [0.15, 0.2) is 12.1 Å². The van der Waals surface area contributed by atoms with Gasteiger partial charge < -0.3 is 10.2 Å². The third-order valence-corrected chi connectivity index (χ3v) is 2.14. The molecule has 0 amide bonds.